The minimum absolute atomic E-state index is 0.0773. The van der Waals surface area contributed by atoms with E-state index in [-0.39, 0.29) is 18.7 Å². The van der Waals surface area contributed by atoms with Crippen molar-refractivity contribution in [2.24, 2.45) is 7.05 Å². The van der Waals surface area contributed by atoms with Gasteiger partial charge in [-0.3, -0.25) is 14.3 Å². The van der Waals surface area contributed by atoms with E-state index < -0.39 is 17.4 Å². The Morgan fingerprint density at radius 1 is 1.20 bits per heavy atom. The second kappa shape index (κ2) is 10.5. The zero-order valence-corrected chi connectivity index (χ0v) is 18.2. The molecule has 3 rings (SSSR count). The van der Waals surface area contributed by atoms with E-state index in [9.17, 15) is 14.7 Å². The van der Waals surface area contributed by atoms with Crippen molar-refractivity contribution in [2.45, 2.75) is 50.4 Å². The molecule has 0 aliphatic carbocycles. The van der Waals surface area contributed by atoms with Gasteiger partial charge in [0.05, 0.1) is 6.54 Å². The number of aryl methyl sites for hydroxylation is 1. The highest BCUT2D eigenvalue weighted by molar-refractivity contribution is 7.99. The largest absolute Gasteiger partial charge is 0.491 e. The summed E-state index contributed by atoms with van der Waals surface area (Å²) in [5.74, 6) is 1.52. The van der Waals surface area contributed by atoms with Crippen molar-refractivity contribution in [2.75, 3.05) is 12.4 Å². The number of ether oxygens (including phenoxy) is 1. The molecular formula is C21H28N4O4S. The maximum Gasteiger partial charge on any atom is 0.329 e. The van der Waals surface area contributed by atoms with Gasteiger partial charge in [0, 0.05) is 12.8 Å². The van der Waals surface area contributed by atoms with Gasteiger partial charge < -0.3 is 14.4 Å². The summed E-state index contributed by atoms with van der Waals surface area (Å²) in [6.07, 6.45) is 3.67. The number of nitrogens with zero attached hydrogens (tertiary/aromatic N) is 3. The molecule has 0 saturated carbocycles. The van der Waals surface area contributed by atoms with Crippen LogP contribution in [-0.4, -0.2) is 42.7 Å². The fourth-order valence-electron chi connectivity index (χ4n) is 3.16. The molecule has 0 radical (unpaired) electrons. The lowest BCUT2D eigenvalue weighted by molar-refractivity contribution is 0.0914. The molecule has 2 heterocycles. The van der Waals surface area contributed by atoms with Gasteiger partial charge >= 0.3 is 5.69 Å². The molecule has 0 saturated heterocycles. The molecule has 8 nitrogen and oxygen atoms in total. The molecule has 0 aliphatic heterocycles. The van der Waals surface area contributed by atoms with E-state index in [0.717, 1.165) is 25.0 Å². The molecule has 1 unspecified atom stereocenters. The topological polar surface area (TPSA) is 102 Å². The number of hydrogen-bond acceptors (Lipinski definition) is 6. The number of fused-ring (bicyclic) bond motifs is 1. The molecule has 30 heavy (non-hydrogen) atoms. The number of para-hydroxylation sites is 1. The van der Waals surface area contributed by atoms with Gasteiger partial charge in [-0.1, -0.05) is 56.1 Å². The number of aliphatic hydroxyl groups excluding tert-OH is 1. The lowest BCUT2D eigenvalue weighted by Crippen LogP contribution is -2.30. The summed E-state index contributed by atoms with van der Waals surface area (Å²) in [7, 11) is 1.57. The molecule has 2 N–H and O–H groups in total. The Morgan fingerprint density at radius 3 is 2.70 bits per heavy atom. The van der Waals surface area contributed by atoms with Gasteiger partial charge in [-0.25, -0.2) is 9.78 Å². The van der Waals surface area contributed by atoms with Crippen LogP contribution in [0.3, 0.4) is 0 Å². The number of nitrogens with one attached hydrogen (secondary N) is 1. The summed E-state index contributed by atoms with van der Waals surface area (Å²) < 4.78 is 8.65. The van der Waals surface area contributed by atoms with E-state index in [1.54, 1.807) is 11.6 Å². The fraction of sp³-hybridized carbons (Fsp3) is 0.476. The predicted octanol–water partition coefficient (Wildman–Crippen LogP) is 2.54. The van der Waals surface area contributed by atoms with Crippen LogP contribution in [-0.2, 0) is 13.6 Å². The van der Waals surface area contributed by atoms with Crippen LogP contribution in [0.25, 0.3) is 11.2 Å². The molecule has 0 fully saturated rings. The third kappa shape index (κ3) is 5.34. The molecule has 0 amide bonds. The number of aromatic nitrogens is 4. The Kier molecular flexibility index (Phi) is 7.75. The first-order valence-corrected chi connectivity index (χ1v) is 11.2. The summed E-state index contributed by atoms with van der Waals surface area (Å²) in [5.41, 5.74) is -0.415. The number of aliphatic hydroxyl groups is 1. The molecule has 2 aromatic heterocycles. The number of rotatable bonds is 11. The molecule has 0 bridgehead atoms. The van der Waals surface area contributed by atoms with Gasteiger partial charge in [0.15, 0.2) is 16.3 Å². The van der Waals surface area contributed by atoms with Crippen LogP contribution in [0.2, 0.25) is 0 Å². The second-order valence-corrected chi connectivity index (χ2v) is 8.24. The Balaban J connectivity index is 1.82. The monoisotopic (exact) mass is 432 g/mol. The standard InChI is InChI=1S/C21H28N4O4S/c1-3-4-5-9-12-30-21-22-18-17(19(27)23-20(28)24(18)2)25(21)13-15(26)14-29-16-10-7-6-8-11-16/h6-8,10-11,15,26H,3-5,9,12-14H2,1-2H3,(H,23,27,28). The van der Waals surface area contributed by atoms with Crippen molar-refractivity contribution >= 4 is 22.9 Å². The summed E-state index contributed by atoms with van der Waals surface area (Å²) in [5, 5.41) is 11.2. The molecule has 1 atom stereocenters. The van der Waals surface area contributed by atoms with Crippen molar-refractivity contribution in [3.63, 3.8) is 0 Å². The first-order chi connectivity index (χ1) is 14.5. The minimum Gasteiger partial charge on any atom is -0.491 e. The average molecular weight is 433 g/mol. The quantitative estimate of drug-likeness (QED) is 0.357. The molecule has 1 aromatic carbocycles. The Hall–Kier alpha value is -2.52. The first kappa shape index (κ1) is 22.2. The fourth-order valence-corrected chi connectivity index (χ4v) is 4.16. The highest BCUT2D eigenvalue weighted by atomic mass is 32.2. The van der Waals surface area contributed by atoms with Crippen molar-refractivity contribution in [1.29, 1.82) is 0 Å². The first-order valence-electron chi connectivity index (χ1n) is 10.2. The van der Waals surface area contributed by atoms with Crippen molar-refractivity contribution < 1.29 is 9.84 Å². The van der Waals surface area contributed by atoms with Gasteiger partial charge in [-0.15, -0.1) is 0 Å². The van der Waals surface area contributed by atoms with Gasteiger partial charge in [0.25, 0.3) is 5.56 Å². The minimum atomic E-state index is -0.848. The smallest absolute Gasteiger partial charge is 0.329 e. The number of thioether (sulfide) groups is 1. The van der Waals surface area contributed by atoms with Gasteiger partial charge in [-0.05, 0) is 18.6 Å². The number of unbranched alkanes of at least 4 members (excludes halogenated alkanes) is 3. The number of imidazole rings is 1. The SMILES string of the molecule is CCCCCCSc1nc2c(c(=O)[nH]c(=O)n2C)n1CC(O)COc1ccccc1. The lowest BCUT2D eigenvalue weighted by Gasteiger charge is -2.15. The maximum absolute atomic E-state index is 12.5. The highest BCUT2D eigenvalue weighted by Gasteiger charge is 2.20. The number of benzene rings is 1. The zero-order chi connectivity index (χ0) is 21.5. The van der Waals surface area contributed by atoms with Crippen LogP contribution < -0.4 is 16.0 Å². The van der Waals surface area contributed by atoms with E-state index in [4.69, 9.17) is 4.74 Å². The molecule has 0 aliphatic rings. The van der Waals surface area contributed by atoms with Crippen molar-refractivity contribution in [3.05, 3.63) is 51.2 Å². The number of hydrogen-bond donors (Lipinski definition) is 2. The summed E-state index contributed by atoms with van der Waals surface area (Å²) >= 11 is 1.53. The molecular weight excluding hydrogens is 404 g/mol. The van der Waals surface area contributed by atoms with Crippen LogP contribution >= 0.6 is 11.8 Å². The van der Waals surface area contributed by atoms with Gasteiger partial charge in [0.1, 0.15) is 18.5 Å². The van der Waals surface area contributed by atoms with Crippen LogP contribution in [0.4, 0.5) is 0 Å². The normalized spacial score (nSPS) is 12.4. The molecule has 3 aromatic rings. The van der Waals surface area contributed by atoms with E-state index in [1.165, 1.54) is 22.7 Å². The zero-order valence-electron chi connectivity index (χ0n) is 17.3. The number of aromatic amines is 1. The molecule has 162 valence electrons. The molecule has 9 heteroatoms. The van der Waals surface area contributed by atoms with Gasteiger partial charge in [0.2, 0.25) is 0 Å². The van der Waals surface area contributed by atoms with Crippen molar-refractivity contribution in [3.8, 4) is 5.75 Å². The Bertz CT molecular complexity index is 1070. The molecule has 0 spiro atoms. The third-order valence-corrected chi connectivity index (χ3v) is 5.84. The third-order valence-electron chi connectivity index (χ3n) is 4.78. The van der Waals surface area contributed by atoms with Gasteiger partial charge in [-0.2, -0.15) is 0 Å². The van der Waals surface area contributed by atoms with E-state index in [2.05, 4.69) is 16.9 Å². The lowest BCUT2D eigenvalue weighted by atomic mass is 10.2. The maximum atomic E-state index is 12.5. The van der Waals surface area contributed by atoms with E-state index >= 15 is 0 Å². The summed E-state index contributed by atoms with van der Waals surface area (Å²) in [6.45, 7) is 2.38. The van der Waals surface area contributed by atoms with Crippen LogP contribution in [0.1, 0.15) is 32.6 Å². The Labute approximate surface area is 178 Å². The van der Waals surface area contributed by atoms with Crippen LogP contribution in [0.5, 0.6) is 5.75 Å². The van der Waals surface area contributed by atoms with E-state index in [0.29, 0.717) is 16.6 Å². The highest BCUT2D eigenvalue weighted by Crippen LogP contribution is 2.23. The second-order valence-electron chi connectivity index (χ2n) is 7.18. The Morgan fingerprint density at radius 2 is 1.97 bits per heavy atom. The number of H-pyrrole nitrogens is 1. The predicted molar refractivity (Wildman–Crippen MR) is 118 cm³/mol. The summed E-state index contributed by atoms with van der Waals surface area (Å²) in [6, 6.07) is 9.24. The van der Waals surface area contributed by atoms with Crippen LogP contribution in [0.15, 0.2) is 45.1 Å². The van der Waals surface area contributed by atoms with E-state index in [1.807, 2.05) is 30.3 Å². The summed E-state index contributed by atoms with van der Waals surface area (Å²) in [4.78, 5) is 31.3. The average Bonchev–Trinajstić information content (AvgIpc) is 3.10. The van der Waals surface area contributed by atoms with Crippen molar-refractivity contribution in [1.82, 2.24) is 19.1 Å². The van der Waals surface area contributed by atoms with Crippen LogP contribution in [0, 0.1) is 0 Å².